The topological polar surface area (TPSA) is 132 Å². The van der Waals surface area contributed by atoms with Gasteiger partial charge in [-0.2, -0.15) is 36.5 Å². The SMILES string of the molecule is COc1ccc(Cn2ncc(N3CCOCC3COCc3cc(CNc4ncc(C(F)(F)F)cn4)[nH]n3)c(C(F)(F)F)c2=O)cc1. The number of alkyl halides is 6. The Balaban J connectivity index is 1.22. The zero-order valence-electron chi connectivity index (χ0n) is 24.2. The van der Waals surface area contributed by atoms with E-state index in [1.54, 1.807) is 30.3 Å². The molecule has 0 amide bonds. The van der Waals surface area contributed by atoms with Gasteiger partial charge in [0, 0.05) is 18.9 Å². The predicted octanol–water partition coefficient (Wildman–Crippen LogP) is 3.89. The van der Waals surface area contributed by atoms with E-state index in [1.165, 1.54) is 12.0 Å². The molecule has 1 saturated heterocycles. The van der Waals surface area contributed by atoms with Crippen molar-refractivity contribution in [2.24, 2.45) is 0 Å². The average Bonchev–Trinajstić information content (AvgIpc) is 3.48. The minimum Gasteiger partial charge on any atom is -0.497 e. The molecule has 0 radical (unpaired) electrons. The molecule has 1 aliphatic rings. The summed E-state index contributed by atoms with van der Waals surface area (Å²) in [5, 5.41) is 13.7. The maximum atomic E-state index is 14.3. The number of nitrogens with one attached hydrogen (secondary N) is 2. The number of hydrogen-bond donors (Lipinski definition) is 2. The number of hydrogen-bond acceptors (Lipinski definition) is 10. The molecule has 0 saturated carbocycles. The average molecular weight is 655 g/mol. The van der Waals surface area contributed by atoms with Crippen LogP contribution in [0.3, 0.4) is 0 Å². The summed E-state index contributed by atoms with van der Waals surface area (Å²) in [5.41, 5.74) is -2.34. The summed E-state index contributed by atoms with van der Waals surface area (Å²) in [6.07, 6.45) is -7.12. The van der Waals surface area contributed by atoms with Crippen LogP contribution in [0, 0.1) is 0 Å². The van der Waals surface area contributed by atoms with E-state index >= 15 is 0 Å². The number of aromatic nitrogens is 6. The van der Waals surface area contributed by atoms with Gasteiger partial charge in [0.2, 0.25) is 5.95 Å². The molecule has 246 valence electrons. The fraction of sp³-hybridized carbons (Fsp3) is 0.393. The number of halogens is 6. The van der Waals surface area contributed by atoms with Gasteiger partial charge in [0.1, 0.15) is 11.3 Å². The summed E-state index contributed by atoms with van der Waals surface area (Å²) < 4.78 is 98.1. The Labute approximate surface area is 257 Å². The number of nitrogens with zero attached hydrogens (tertiary/aromatic N) is 6. The lowest BCUT2D eigenvalue weighted by Gasteiger charge is -2.38. The van der Waals surface area contributed by atoms with Gasteiger partial charge in [-0.3, -0.25) is 9.89 Å². The molecule has 0 spiro atoms. The van der Waals surface area contributed by atoms with Gasteiger partial charge in [-0.1, -0.05) is 12.1 Å². The van der Waals surface area contributed by atoms with Crippen LogP contribution in [0.5, 0.6) is 5.75 Å². The van der Waals surface area contributed by atoms with E-state index in [-0.39, 0.29) is 57.7 Å². The largest absolute Gasteiger partial charge is 0.497 e. The summed E-state index contributed by atoms with van der Waals surface area (Å²) >= 11 is 0. The molecule has 4 heterocycles. The molecule has 5 rings (SSSR count). The highest BCUT2D eigenvalue weighted by Crippen LogP contribution is 2.35. The second kappa shape index (κ2) is 13.7. The fourth-order valence-electron chi connectivity index (χ4n) is 4.70. The van der Waals surface area contributed by atoms with Gasteiger partial charge in [0.25, 0.3) is 5.56 Å². The number of morpholine rings is 1. The van der Waals surface area contributed by atoms with Gasteiger partial charge in [-0.25, -0.2) is 14.6 Å². The zero-order valence-corrected chi connectivity index (χ0v) is 24.2. The molecular formula is C28H28F6N8O4. The van der Waals surface area contributed by atoms with Crippen LogP contribution in [-0.4, -0.2) is 69.5 Å². The van der Waals surface area contributed by atoms with Crippen molar-refractivity contribution in [2.45, 2.75) is 38.1 Å². The Kier molecular flexibility index (Phi) is 9.76. The molecule has 1 atom stereocenters. The number of aromatic amines is 1. The van der Waals surface area contributed by atoms with Gasteiger partial charge in [0.05, 0.1) is 81.5 Å². The summed E-state index contributed by atoms with van der Waals surface area (Å²) in [6.45, 7) is 0.166. The molecule has 0 aliphatic carbocycles. The van der Waals surface area contributed by atoms with E-state index in [0.717, 1.165) is 10.9 Å². The maximum absolute atomic E-state index is 14.3. The standard InChI is InChI=1S/C28H28F6N8O4/c1-44-22-4-2-17(3-5-22)13-42-25(43)24(28(32,33)34)23(12-38-42)41-6-7-45-15-21(41)16-46-14-20-8-19(39-40-20)11-37-26-35-9-18(10-36-26)27(29,30)31/h2-5,8-10,12,21H,6-7,11,13-16H2,1H3,(H,39,40)(H,35,36,37). The van der Waals surface area contributed by atoms with Gasteiger partial charge in [0.15, 0.2) is 0 Å². The lowest BCUT2D eigenvalue weighted by molar-refractivity contribution is -0.139. The van der Waals surface area contributed by atoms with Crippen LogP contribution in [0.4, 0.5) is 38.0 Å². The normalized spacial score (nSPS) is 15.6. The van der Waals surface area contributed by atoms with E-state index in [2.05, 4.69) is 30.6 Å². The highest BCUT2D eigenvalue weighted by Gasteiger charge is 2.41. The van der Waals surface area contributed by atoms with E-state index in [1.807, 2.05) is 0 Å². The molecule has 0 bridgehead atoms. The predicted molar refractivity (Wildman–Crippen MR) is 150 cm³/mol. The molecule has 2 N–H and O–H groups in total. The number of benzene rings is 1. The Bertz CT molecular complexity index is 1660. The van der Waals surface area contributed by atoms with Gasteiger partial charge in [-0.15, -0.1) is 0 Å². The first-order valence-electron chi connectivity index (χ1n) is 13.8. The smallest absolute Gasteiger partial charge is 0.423 e. The van der Waals surface area contributed by atoms with Crippen molar-refractivity contribution in [3.05, 3.63) is 87.4 Å². The number of methoxy groups -OCH3 is 1. The van der Waals surface area contributed by atoms with Crippen molar-refractivity contribution in [3.8, 4) is 5.75 Å². The maximum Gasteiger partial charge on any atom is 0.423 e. The Hall–Kier alpha value is -4.71. The van der Waals surface area contributed by atoms with Crippen LogP contribution in [0.15, 0.2) is 53.7 Å². The molecule has 1 aliphatic heterocycles. The summed E-state index contributed by atoms with van der Waals surface area (Å²) in [6, 6.07) is 7.52. The van der Waals surface area contributed by atoms with Gasteiger partial charge in [-0.05, 0) is 23.8 Å². The van der Waals surface area contributed by atoms with Crippen molar-refractivity contribution in [1.82, 2.24) is 29.9 Å². The monoisotopic (exact) mass is 654 g/mol. The second-order valence-electron chi connectivity index (χ2n) is 10.2. The number of anilines is 2. The summed E-state index contributed by atoms with van der Waals surface area (Å²) in [4.78, 5) is 21.8. The molecule has 18 heteroatoms. The lowest BCUT2D eigenvalue weighted by atomic mass is 10.1. The zero-order chi connectivity index (χ0) is 32.9. The number of rotatable bonds is 11. The molecule has 4 aromatic rings. The van der Waals surface area contributed by atoms with E-state index < -0.39 is 35.1 Å². The molecule has 1 aromatic carbocycles. The van der Waals surface area contributed by atoms with Crippen molar-refractivity contribution >= 4 is 11.6 Å². The van der Waals surface area contributed by atoms with Crippen LogP contribution in [0.25, 0.3) is 0 Å². The number of H-pyrrole nitrogens is 1. The summed E-state index contributed by atoms with van der Waals surface area (Å²) in [7, 11) is 1.49. The van der Waals surface area contributed by atoms with Gasteiger partial charge >= 0.3 is 12.4 Å². The first kappa shape index (κ1) is 32.7. The third kappa shape index (κ3) is 7.92. The number of ether oxygens (including phenoxy) is 3. The van der Waals surface area contributed by atoms with Crippen LogP contribution in [0.1, 0.15) is 28.1 Å². The molecule has 1 unspecified atom stereocenters. The van der Waals surface area contributed by atoms with Crippen molar-refractivity contribution in [2.75, 3.05) is 43.7 Å². The lowest BCUT2D eigenvalue weighted by Crippen LogP contribution is -2.50. The quantitative estimate of drug-likeness (QED) is 0.230. The molecule has 12 nitrogen and oxygen atoms in total. The third-order valence-corrected chi connectivity index (χ3v) is 7.00. The minimum atomic E-state index is -4.95. The van der Waals surface area contributed by atoms with Crippen molar-refractivity contribution < 1.29 is 40.6 Å². The second-order valence-corrected chi connectivity index (χ2v) is 10.2. The Morgan fingerprint density at radius 1 is 1.07 bits per heavy atom. The van der Waals surface area contributed by atoms with Gasteiger partial charge < -0.3 is 24.4 Å². The van der Waals surface area contributed by atoms with Crippen LogP contribution in [-0.2, 0) is 41.5 Å². The highest BCUT2D eigenvalue weighted by molar-refractivity contribution is 5.53. The van der Waals surface area contributed by atoms with Crippen molar-refractivity contribution in [3.63, 3.8) is 0 Å². The highest BCUT2D eigenvalue weighted by atomic mass is 19.4. The minimum absolute atomic E-state index is 0.00848. The Morgan fingerprint density at radius 2 is 1.80 bits per heavy atom. The third-order valence-electron chi connectivity index (χ3n) is 7.00. The van der Waals surface area contributed by atoms with E-state index in [0.29, 0.717) is 35.1 Å². The molecule has 1 fully saturated rings. The van der Waals surface area contributed by atoms with E-state index in [9.17, 15) is 31.1 Å². The van der Waals surface area contributed by atoms with Crippen LogP contribution >= 0.6 is 0 Å². The fourth-order valence-corrected chi connectivity index (χ4v) is 4.70. The molecule has 3 aromatic heterocycles. The first-order chi connectivity index (χ1) is 21.9. The van der Waals surface area contributed by atoms with E-state index in [4.69, 9.17) is 14.2 Å². The van der Waals surface area contributed by atoms with Crippen LogP contribution in [0.2, 0.25) is 0 Å². The molecule has 46 heavy (non-hydrogen) atoms. The Morgan fingerprint density at radius 3 is 2.48 bits per heavy atom. The molecular weight excluding hydrogens is 626 g/mol. The first-order valence-corrected chi connectivity index (χ1v) is 13.8. The summed E-state index contributed by atoms with van der Waals surface area (Å²) in [5.74, 6) is 0.548. The van der Waals surface area contributed by atoms with Crippen molar-refractivity contribution in [1.29, 1.82) is 0 Å². The van der Waals surface area contributed by atoms with Crippen LogP contribution < -0.4 is 20.5 Å².